The predicted octanol–water partition coefficient (Wildman–Crippen LogP) is 2.90. The fourth-order valence-electron chi connectivity index (χ4n) is 2.11. The molecule has 0 bridgehead atoms. The number of aryl methyl sites for hydroxylation is 2. The molecule has 86 valence electrons. The molecule has 0 fully saturated rings. The van der Waals surface area contributed by atoms with E-state index >= 15 is 0 Å². The Labute approximate surface area is 101 Å². The van der Waals surface area contributed by atoms with Gasteiger partial charge in [-0.3, -0.25) is 4.79 Å². The lowest BCUT2D eigenvalue weighted by molar-refractivity contribution is -0.118. The van der Waals surface area contributed by atoms with E-state index < -0.39 is 0 Å². The van der Waals surface area contributed by atoms with Gasteiger partial charge in [0, 0.05) is 24.5 Å². The summed E-state index contributed by atoms with van der Waals surface area (Å²) in [5.41, 5.74) is 3.56. The highest BCUT2D eigenvalue weighted by atomic mass is 35.5. The van der Waals surface area contributed by atoms with Crippen molar-refractivity contribution in [2.45, 2.75) is 26.2 Å². The summed E-state index contributed by atoms with van der Waals surface area (Å²) in [7, 11) is 0. The molecule has 0 N–H and O–H groups in total. The number of hydrogen-bond acceptors (Lipinski definition) is 1. The number of carbonyl (C=O) groups is 1. The van der Waals surface area contributed by atoms with Crippen molar-refractivity contribution < 1.29 is 4.79 Å². The van der Waals surface area contributed by atoms with Crippen LogP contribution in [0.2, 0.25) is 0 Å². The van der Waals surface area contributed by atoms with Crippen LogP contribution in [0.1, 0.15) is 24.0 Å². The Bertz CT molecular complexity index is 403. The van der Waals surface area contributed by atoms with Crippen molar-refractivity contribution in [1.29, 1.82) is 0 Å². The van der Waals surface area contributed by atoms with E-state index in [0.717, 1.165) is 25.1 Å². The minimum atomic E-state index is 0.225. The van der Waals surface area contributed by atoms with Crippen molar-refractivity contribution in [3.63, 3.8) is 0 Å². The molecule has 0 aliphatic carbocycles. The highest BCUT2D eigenvalue weighted by molar-refractivity contribution is 6.17. The number of alkyl halides is 1. The molecule has 1 amide bonds. The van der Waals surface area contributed by atoms with E-state index in [9.17, 15) is 4.79 Å². The Kier molecular flexibility index (Phi) is 3.49. The lowest BCUT2D eigenvalue weighted by Crippen LogP contribution is -2.36. The molecule has 0 saturated heterocycles. The molecule has 1 aromatic rings. The summed E-state index contributed by atoms with van der Waals surface area (Å²) in [6.07, 6.45) is 2.34. The quantitative estimate of drug-likeness (QED) is 0.741. The normalized spacial score (nSPS) is 15.1. The summed E-state index contributed by atoms with van der Waals surface area (Å²) in [6.45, 7) is 2.79. The van der Waals surface area contributed by atoms with Gasteiger partial charge in [0.25, 0.3) is 0 Å². The second kappa shape index (κ2) is 4.88. The first-order valence-corrected chi connectivity index (χ1v) is 6.21. The first-order chi connectivity index (χ1) is 7.72. The average molecular weight is 238 g/mol. The van der Waals surface area contributed by atoms with E-state index in [1.165, 1.54) is 11.1 Å². The Morgan fingerprint density at radius 2 is 2.19 bits per heavy atom. The summed E-state index contributed by atoms with van der Waals surface area (Å²) in [5, 5.41) is 0. The molecule has 0 spiro atoms. The molecule has 1 heterocycles. The molecule has 0 radical (unpaired) electrons. The lowest BCUT2D eigenvalue weighted by Gasteiger charge is -2.29. The molecule has 0 atom stereocenters. The third-order valence-corrected chi connectivity index (χ3v) is 3.22. The largest absolute Gasteiger partial charge is 0.312 e. The number of benzene rings is 1. The van der Waals surface area contributed by atoms with Crippen molar-refractivity contribution in [3.8, 4) is 0 Å². The molecular weight excluding hydrogens is 222 g/mol. The van der Waals surface area contributed by atoms with E-state index in [-0.39, 0.29) is 5.91 Å². The van der Waals surface area contributed by atoms with Crippen LogP contribution >= 0.6 is 11.6 Å². The standard InChI is InChI=1S/C13H16ClNO/c1-10-3-4-11-5-6-13(16)15(8-2-7-14)12(11)9-10/h3-4,9H,2,5-8H2,1H3. The molecule has 0 aromatic heterocycles. The van der Waals surface area contributed by atoms with E-state index in [1.54, 1.807) is 0 Å². The Morgan fingerprint density at radius 3 is 2.94 bits per heavy atom. The minimum Gasteiger partial charge on any atom is -0.312 e. The average Bonchev–Trinajstić information content (AvgIpc) is 2.28. The zero-order valence-electron chi connectivity index (χ0n) is 9.50. The van der Waals surface area contributed by atoms with Crippen LogP contribution in [0.5, 0.6) is 0 Å². The fourth-order valence-corrected chi connectivity index (χ4v) is 2.23. The van der Waals surface area contributed by atoms with Crippen LogP contribution in [0, 0.1) is 6.92 Å². The summed E-state index contributed by atoms with van der Waals surface area (Å²) in [6, 6.07) is 6.33. The van der Waals surface area contributed by atoms with E-state index in [4.69, 9.17) is 11.6 Å². The number of hydrogen-bond donors (Lipinski definition) is 0. The highest BCUT2D eigenvalue weighted by Gasteiger charge is 2.23. The van der Waals surface area contributed by atoms with E-state index in [2.05, 4.69) is 25.1 Å². The van der Waals surface area contributed by atoms with Crippen LogP contribution in [-0.2, 0) is 11.2 Å². The Balaban J connectivity index is 2.31. The molecule has 0 saturated carbocycles. The topological polar surface area (TPSA) is 20.3 Å². The molecule has 1 aliphatic rings. The number of rotatable bonds is 3. The van der Waals surface area contributed by atoms with Gasteiger partial charge < -0.3 is 4.90 Å². The molecule has 2 nitrogen and oxygen atoms in total. The number of fused-ring (bicyclic) bond motifs is 1. The van der Waals surface area contributed by atoms with Crippen LogP contribution in [0.3, 0.4) is 0 Å². The second-order valence-electron chi connectivity index (χ2n) is 4.22. The minimum absolute atomic E-state index is 0.225. The monoisotopic (exact) mass is 237 g/mol. The molecule has 16 heavy (non-hydrogen) atoms. The molecule has 3 heteroatoms. The number of nitrogens with zero attached hydrogens (tertiary/aromatic N) is 1. The van der Waals surface area contributed by atoms with Crippen LogP contribution in [0.4, 0.5) is 5.69 Å². The van der Waals surface area contributed by atoms with E-state index in [1.807, 2.05) is 4.90 Å². The molecule has 0 unspecified atom stereocenters. The van der Waals surface area contributed by atoms with Gasteiger partial charge in [0.2, 0.25) is 5.91 Å². The smallest absolute Gasteiger partial charge is 0.227 e. The van der Waals surface area contributed by atoms with Gasteiger partial charge in [-0.1, -0.05) is 12.1 Å². The Hall–Kier alpha value is -1.02. The number of halogens is 1. The van der Waals surface area contributed by atoms with Crippen molar-refractivity contribution in [1.82, 2.24) is 0 Å². The summed E-state index contributed by atoms with van der Waals surface area (Å²) in [5.74, 6) is 0.827. The Morgan fingerprint density at radius 1 is 1.38 bits per heavy atom. The zero-order chi connectivity index (χ0) is 11.5. The van der Waals surface area contributed by atoms with Crippen molar-refractivity contribution >= 4 is 23.2 Å². The van der Waals surface area contributed by atoms with Gasteiger partial charge in [-0.2, -0.15) is 0 Å². The number of amides is 1. The predicted molar refractivity (Wildman–Crippen MR) is 67.2 cm³/mol. The summed E-state index contributed by atoms with van der Waals surface area (Å²) in [4.78, 5) is 13.7. The molecular formula is C13H16ClNO. The fraction of sp³-hybridized carbons (Fsp3) is 0.462. The third kappa shape index (κ3) is 2.22. The first-order valence-electron chi connectivity index (χ1n) is 5.68. The van der Waals surface area contributed by atoms with Crippen molar-refractivity contribution in [3.05, 3.63) is 29.3 Å². The van der Waals surface area contributed by atoms with Gasteiger partial charge in [-0.05, 0) is 37.0 Å². The lowest BCUT2D eigenvalue weighted by atomic mass is 9.99. The van der Waals surface area contributed by atoms with Gasteiger partial charge in [0.05, 0.1) is 0 Å². The molecule has 2 rings (SSSR count). The van der Waals surface area contributed by atoms with Crippen molar-refractivity contribution in [2.24, 2.45) is 0 Å². The van der Waals surface area contributed by atoms with Crippen LogP contribution in [0.25, 0.3) is 0 Å². The van der Waals surface area contributed by atoms with Crippen LogP contribution < -0.4 is 4.90 Å². The highest BCUT2D eigenvalue weighted by Crippen LogP contribution is 2.28. The molecule has 1 aromatic carbocycles. The zero-order valence-corrected chi connectivity index (χ0v) is 10.3. The number of anilines is 1. The van der Waals surface area contributed by atoms with Crippen molar-refractivity contribution in [2.75, 3.05) is 17.3 Å². The van der Waals surface area contributed by atoms with Gasteiger partial charge in [0.15, 0.2) is 0 Å². The maximum atomic E-state index is 11.9. The van der Waals surface area contributed by atoms with Gasteiger partial charge in [-0.25, -0.2) is 0 Å². The maximum Gasteiger partial charge on any atom is 0.227 e. The third-order valence-electron chi connectivity index (χ3n) is 2.96. The van der Waals surface area contributed by atoms with Gasteiger partial charge in [-0.15, -0.1) is 11.6 Å². The number of carbonyl (C=O) groups excluding carboxylic acids is 1. The summed E-state index contributed by atoms with van der Waals surface area (Å²) < 4.78 is 0. The van der Waals surface area contributed by atoms with Crippen LogP contribution in [0.15, 0.2) is 18.2 Å². The SMILES string of the molecule is Cc1ccc2c(c1)N(CCCCl)C(=O)CC2. The molecule has 1 aliphatic heterocycles. The first kappa shape index (κ1) is 11.5. The van der Waals surface area contributed by atoms with E-state index in [0.29, 0.717) is 12.3 Å². The van der Waals surface area contributed by atoms with Crippen LogP contribution in [-0.4, -0.2) is 18.3 Å². The maximum absolute atomic E-state index is 11.9. The summed E-state index contributed by atoms with van der Waals surface area (Å²) >= 11 is 5.69. The second-order valence-corrected chi connectivity index (χ2v) is 4.60. The van der Waals surface area contributed by atoms with Gasteiger partial charge >= 0.3 is 0 Å². The van der Waals surface area contributed by atoms with Gasteiger partial charge in [0.1, 0.15) is 0 Å².